The van der Waals surface area contributed by atoms with Crippen molar-refractivity contribution in [1.82, 2.24) is 20.3 Å². The van der Waals surface area contributed by atoms with Gasteiger partial charge in [-0.25, -0.2) is 9.48 Å². The highest BCUT2D eigenvalue weighted by atomic mass is 35.5. The van der Waals surface area contributed by atoms with E-state index in [0.717, 1.165) is 4.68 Å². The second-order valence-corrected chi connectivity index (χ2v) is 5.23. The SMILES string of the molecule is CC(CNC(=O)Cn1cc(C(=O)O)nn1)Oc1cccc(Cl)c1. The average molecular weight is 339 g/mol. The van der Waals surface area contributed by atoms with Crippen LogP contribution in [0.3, 0.4) is 0 Å². The summed E-state index contributed by atoms with van der Waals surface area (Å²) in [7, 11) is 0. The predicted octanol–water partition coefficient (Wildman–Crippen LogP) is 1.21. The molecule has 122 valence electrons. The Morgan fingerprint density at radius 2 is 2.26 bits per heavy atom. The molecule has 0 radical (unpaired) electrons. The molecule has 0 bridgehead atoms. The maximum atomic E-state index is 11.8. The van der Waals surface area contributed by atoms with E-state index in [1.807, 2.05) is 0 Å². The van der Waals surface area contributed by atoms with Crippen LogP contribution in [-0.2, 0) is 11.3 Å². The molecule has 0 aliphatic heterocycles. The Hall–Kier alpha value is -2.61. The number of carbonyl (C=O) groups excluding carboxylic acids is 1. The standard InChI is InChI=1S/C14H15ClN4O4/c1-9(23-11-4-2-3-10(15)5-11)6-16-13(20)8-19-7-12(14(21)22)17-18-19/h2-5,7,9H,6,8H2,1H3,(H,16,20)(H,21,22). The van der Waals surface area contributed by atoms with Crippen LogP contribution in [0.5, 0.6) is 5.75 Å². The molecule has 2 N–H and O–H groups in total. The Kier molecular flexibility index (Phi) is 5.53. The maximum absolute atomic E-state index is 11.8. The number of ether oxygens (including phenoxy) is 1. The van der Waals surface area contributed by atoms with Gasteiger partial charge in [-0.2, -0.15) is 0 Å². The van der Waals surface area contributed by atoms with Gasteiger partial charge >= 0.3 is 5.97 Å². The van der Waals surface area contributed by atoms with Crippen LogP contribution < -0.4 is 10.1 Å². The second kappa shape index (κ2) is 7.59. The number of aromatic nitrogens is 3. The fourth-order valence-electron chi connectivity index (χ4n) is 1.75. The molecule has 1 atom stereocenters. The molecule has 1 aromatic heterocycles. The summed E-state index contributed by atoms with van der Waals surface area (Å²) < 4.78 is 6.77. The van der Waals surface area contributed by atoms with E-state index in [1.165, 1.54) is 6.20 Å². The molecule has 1 unspecified atom stereocenters. The molecule has 0 fully saturated rings. The summed E-state index contributed by atoms with van der Waals surface area (Å²) in [6, 6.07) is 6.97. The number of hydrogen-bond acceptors (Lipinski definition) is 5. The van der Waals surface area contributed by atoms with Gasteiger partial charge in [-0.3, -0.25) is 4.79 Å². The molecule has 0 saturated heterocycles. The van der Waals surface area contributed by atoms with Gasteiger partial charge in [0.05, 0.1) is 12.7 Å². The Morgan fingerprint density at radius 3 is 2.91 bits per heavy atom. The lowest BCUT2D eigenvalue weighted by molar-refractivity contribution is -0.122. The normalized spacial score (nSPS) is 11.7. The van der Waals surface area contributed by atoms with Gasteiger partial charge in [0, 0.05) is 5.02 Å². The van der Waals surface area contributed by atoms with E-state index in [1.54, 1.807) is 31.2 Å². The van der Waals surface area contributed by atoms with E-state index < -0.39 is 5.97 Å². The summed E-state index contributed by atoms with van der Waals surface area (Å²) in [6.07, 6.45) is 0.927. The fraction of sp³-hybridized carbons (Fsp3) is 0.286. The first kappa shape index (κ1) is 16.8. The van der Waals surface area contributed by atoms with Gasteiger partial charge in [-0.15, -0.1) is 5.10 Å². The molecule has 2 rings (SSSR count). The monoisotopic (exact) mass is 338 g/mol. The molecule has 1 aromatic carbocycles. The van der Waals surface area contributed by atoms with Crippen molar-refractivity contribution in [2.45, 2.75) is 19.6 Å². The van der Waals surface area contributed by atoms with Gasteiger partial charge in [-0.1, -0.05) is 22.9 Å². The Labute approximate surface area is 137 Å². The lowest BCUT2D eigenvalue weighted by atomic mass is 10.3. The fourth-order valence-corrected chi connectivity index (χ4v) is 1.93. The zero-order chi connectivity index (χ0) is 16.8. The van der Waals surface area contributed by atoms with Crippen molar-refractivity contribution in [3.8, 4) is 5.75 Å². The van der Waals surface area contributed by atoms with E-state index in [2.05, 4.69) is 15.6 Å². The van der Waals surface area contributed by atoms with Crippen LogP contribution >= 0.6 is 11.6 Å². The largest absolute Gasteiger partial charge is 0.489 e. The minimum atomic E-state index is -1.19. The van der Waals surface area contributed by atoms with Crippen molar-refractivity contribution in [2.24, 2.45) is 0 Å². The first-order chi connectivity index (χ1) is 10.9. The van der Waals surface area contributed by atoms with Crippen LogP contribution in [-0.4, -0.2) is 44.6 Å². The van der Waals surface area contributed by atoms with E-state index in [0.29, 0.717) is 10.8 Å². The van der Waals surface area contributed by atoms with Crippen molar-refractivity contribution in [2.75, 3.05) is 6.54 Å². The molecular weight excluding hydrogens is 324 g/mol. The third-order valence-electron chi connectivity index (χ3n) is 2.78. The van der Waals surface area contributed by atoms with Crippen molar-refractivity contribution < 1.29 is 19.4 Å². The van der Waals surface area contributed by atoms with E-state index in [9.17, 15) is 9.59 Å². The number of hydrogen-bond donors (Lipinski definition) is 2. The number of halogens is 1. The van der Waals surface area contributed by atoms with E-state index in [4.69, 9.17) is 21.4 Å². The molecule has 0 spiro atoms. The number of carboxylic acid groups (broad SMARTS) is 1. The number of carboxylic acids is 1. The van der Waals surface area contributed by atoms with Gasteiger partial charge in [0.1, 0.15) is 18.4 Å². The summed E-state index contributed by atoms with van der Waals surface area (Å²) in [5.74, 6) is -0.907. The average Bonchev–Trinajstić information content (AvgIpc) is 2.94. The summed E-state index contributed by atoms with van der Waals surface area (Å²) in [5, 5.41) is 19.0. The first-order valence-electron chi connectivity index (χ1n) is 6.76. The minimum Gasteiger partial charge on any atom is -0.489 e. The van der Waals surface area contributed by atoms with Crippen LogP contribution in [0.15, 0.2) is 30.5 Å². The Bertz CT molecular complexity index is 704. The van der Waals surface area contributed by atoms with Crippen molar-refractivity contribution in [3.05, 3.63) is 41.2 Å². The van der Waals surface area contributed by atoms with E-state index in [-0.39, 0.29) is 30.8 Å². The third-order valence-corrected chi connectivity index (χ3v) is 3.02. The van der Waals surface area contributed by atoms with Gasteiger partial charge in [0.2, 0.25) is 5.91 Å². The number of amides is 1. The lowest BCUT2D eigenvalue weighted by Crippen LogP contribution is -2.35. The van der Waals surface area contributed by atoms with Gasteiger partial charge < -0.3 is 15.2 Å². The molecule has 8 nitrogen and oxygen atoms in total. The first-order valence-corrected chi connectivity index (χ1v) is 7.14. The predicted molar refractivity (Wildman–Crippen MR) is 81.5 cm³/mol. The number of rotatable bonds is 7. The molecular formula is C14H15ClN4O4. The number of aromatic carboxylic acids is 1. The molecule has 0 aliphatic rings. The number of nitrogens with zero attached hydrogens (tertiary/aromatic N) is 3. The smallest absolute Gasteiger partial charge is 0.358 e. The molecule has 1 amide bonds. The van der Waals surface area contributed by atoms with Crippen LogP contribution in [0.1, 0.15) is 17.4 Å². The topological polar surface area (TPSA) is 106 Å². The lowest BCUT2D eigenvalue weighted by Gasteiger charge is -2.15. The molecule has 0 aliphatic carbocycles. The summed E-state index contributed by atoms with van der Waals surface area (Å²) in [5.41, 5.74) is -0.213. The molecule has 1 heterocycles. The minimum absolute atomic E-state index is 0.121. The highest BCUT2D eigenvalue weighted by Crippen LogP contribution is 2.18. The van der Waals surface area contributed by atoms with Gasteiger partial charge in [0.15, 0.2) is 5.69 Å². The van der Waals surface area contributed by atoms with E-state index >= 15 is 0 Å². The third kappa shape index (κ3) is 5.26. The van der Waals surface area contributed by atoms with Crippen LogP contribution in [0.4, 0.5) is 0 Å². The zero-order valence-electron chi connectivity index (χ0n) is 12.3. The Balaban J connectivity index is 1.78. The van der Waals surface area contributed by atoms with Gasteiger partial charge in [-0.05, 0) is 25.1 Å². The van der Waals surface area contributed by atoms with Gasteiger partial charge in [0.25, 0.3) is 0 Å². The summed E-state index contributed by atoms with van der Waals surface area (Å²) in [6.45, 7) is 1.97. The highest BCUT2D eigenvalue weighted by Gasteiger charge is 2.12. The zero-order valence-corrected chi connectivity index (χ0v) is 13.0. The van der Waals surface area contributed by atoms with Crippen LogP contribution in [0, 0.1) is 0 Å². The Morgan fingerprint density at radius 1 is 1.48 bits per heavy atom. The van der Waals surface area contributed by atoms with Crippen molar-refractivity contribution in [1.29, 1.82) is 0 Å². The quantitative estimate of drug-likeness (QED) is 0.786. The van der Waals surface area contributed by atoms with Crippen molar-refractivity contribution in [3.63, 3.8) is 0 Å². The summed E-state index contributed by atoms with van der Waals surface area (Å²) in [4.78, 5) is 22.4. The number of benzene rings is 1. The molecule has 23 heavy (non-hydrogen) atoms. The molecule has 2 aromatic rings. The molecule has 0 saturated carbocycles. The van der Waals surface area contributed by atoms with Crippen LogP contribution in [0.25, 0.3) is 0 Å². The molecule has 9 heteroatoms. The van der Waals surface area contributed by atoms with Crippen molar-refractivity contribution >= 4 is 23.5 Å². The van der Waals surface area contributed by atoms with Crippen LogP contribution in [0.2, 0.25) is 5.02 Å². The second-order valence-electron chi connectivity index (χ2n) is 4.80. The maximum Gasteiger partial charge on any atom is 0.358 e. The number of nitrogens with one attached hydrogen (secondary N) is 1. The summed E-state index contributed by atoms with van der Waals surface area (Å²) >= 11 is 5.86. The number of carbonyl (C=O) groups is 2. The highest BCUT2D eigenvalue weighted by molar-refractivity contribution is 6.30.